The van der Waals surface area contributed by atoms with E-state index in [9.17, 15) is 9.18 Å². The van der Waals surface area contributed by atoms with Crippen LogP contribution in [0.2, 0.25) is 0 Å². The summed E-state index contributed by atoms with van der Waals surface area (Å²) in [6.07, 6.45) is 2.57. The second kappa shape index (κ2) is 5.65. The lowest BCUT2D eigenvalue weighted by molar-refractivity contribution is 0.112. The van der Waals surface area contributed by atoms with E-state index in [4.69, 9.17) is 0 Å². The maximum atomic E-state index is 13.4. The van der Waals surface area contributed by atoms with Crippen LogP contribution in [0.1, 0.15) is 42.3 Å². The topological polar surface area (TPSA) is 22.0 Å². The predicted molar refractivity (Wildman–Crippen MR) is 91.5 cm³/mol. The lowest BCUT2D eigenvalue weighted by Crippen LogP contribution is -2.11. The summed E-state index contributed by atoms with van der Waals surface area (Å²) in [6.45, 7) is 7.21. The van der Waals surface area contributed by atoms with Gasteiger partial charge >= 0.3 is 0 Å². The number of rotatable bonds is 3. The molecule has 0 unspecified atom stereocenters. The molecule has 0 spiro atoms. The number of carbonyl (C=O) groups is 1. The Labute approximate surface area is 135 Å². The van der Waals surface area contributed by atoms with Gasteiger partial charge in [-0.2, -0.15) is 0 Å². The van der Waals surface area contributed by atoms with Gasteiger partial charge in [-0.05, 0) is 34.7 Å². The Morgan fingerprint density at radius 3 is 2.39 bits per heavy atom. The number of halogens is 1. The third-order valence-electron chi connectivity index (χ3n) is 4.17. The van der Waals surface area contributed by atoms with Crippen molar-refractivity contribution in [1.82, 2.24) is 4.57 Å². The summed E-state index contributed by atoms with van der Waals surface area (Å²) in [5, 5.41) is 0.659. The van der Waals surface area contributed by atoms with Gasteiger partial charge in [0.1, 0.15) is 5.82 Å². The Morgan fingerprint density at radius 2 is 1.78 bits per heavy atom. The summed E-state index contributed by atoms with van der Waals surface area (Å²) in [6, 6.07) is 13.1. The summed E-state index contributed by atoms with van der Waals surface area (Å²) in [5.41, 5.74) is 3.95. The first-order valence-electron chi connectivity index (χ1n) is 7.71. The number of aromatic nitrogens is 1. The molecule has 0 atom stereocenters. The van der Waals surface area contributed by atoms with E-state index < -0.39 is 0 Å². The molecule has 2 nitrogen and oxygen atoms in total. The van der Waals surface area contributed by atoms with Gasteiger partial charge in [0.2, 0.25) is 0 Å². The Balaban J connectivity index is 1.97. The van der Waals surface area contributed by atoms with E-state index in [0.717, 1.165) is 17.4 Å². The van der Waals surface area contributed by atoms with Crippen molar-refractivity contribution in [2.75, 3.05) is 0 Å². The van der Waals surface area contributed by atoms with Crippen LogP contribution in [-0.2, 0) is 12.0 Å². The molecule has 0 aliphatic rings. The molecule has 0 aliphatic heterocycles. The molecule has 0 aliphatic carbocycles. The highest BCUT2D eigenvalue weighted by atomic mass is 19.1. The number of hydrogen-bond acceptors (Lipinski definition) is 1. The van der Waals surface area contributed by atoms with Crippen molar-refractivity contribution in [2.24, 2.45) is 0 Å². The zero-order valence-electron chi connectivity index (χ0n) is 13.6. The van der Waals surface area contributed by atoms with E-state index in [-0.39, 0.29) is 11.2 Å². The standard InChI is InChI=1S/C20H20FNO/c1-20(2,3)16-6-4-14(5-7-16)11-22-12-15(13-23)18-10-17(21)8-9-19(18)22/h4-10,12-13H,11H2,1-3H3. The molecule has 0 bridgehead atoms. The molecule has 0 saturated heterocycles. The summed E-state index contributed by atoms with van der Waals surface area (Å²) in [4.78, 5) is 11.2. The van der Waals surface area contributed by atoms with Gasteiger partial charge < -0.3 is 4.57 Å². The molecule has 0 amide bonds. The normalized spacial score (nSPS) is 11.8. The second-order valence-corrected chi connectivity index (χ2v) is 6.94. The summed E-state index contributed by atoms with van der Waals surface area (Å²) in [5.74, 6) is -0.326. The van der Waals surface area contributed by atoms with Gasteiger partial charge in [-0.1, -0.05) is 45.0 Å². The van der Waals surface area contributed by atoms with Gasteiger partial charge in [0.05, 0.1) is 0 Å². The van der Waals surface area contributed by atoms with Crippen molar-refractivity contribution < 1.29 is 9.18 Å². The SMILES string of the molecule is CC(C)(C)c1ccc(Cn2cc(C=O)c3cc(F)ccc32)cc1. The van der Waals surface area contributed by atoms with Gasteiger partial charge in [0, 0.05) is 29.2 Å². The Kier molecular flexibility index (Phi) is 3.80. The number of nitrogens with zero attached hydrogens (tertiary/aromatic N) is 1. The molecule has 0 N–H and O–H groups in total. The molecule has 0 saturated carbocycles. The highest BCUT2D eigenvalue weighted by Crippen LogP contribution is 2.25. The first kappa shape index (κ1) is 15.5. The average Bonchev–Trinajstić information content (AvgIpc) is 2.84. The molecular weight excluding hydrogens is 289 g/mol. The maximum Gasteiger partial charge on any atom is 0.152 e. The van der Waals surface area contributed by atoms with Crippen LogP contribution < -0.4 is 0 Å². The van der Waals surface area contributed by atoms with Crippen LogP contribution in [0.25, 0.3) is 10.9 Å². The smallest absolute Gasteiger partial charge is 0.152 e. The number of aldehydes is 1. The van der Waals surface area contributed by atoms with E-state index in [2.05, 4.69) is 45.0 Å². The first-order valence-corrected chi connectivity index (χ1v) is 7.71. The molecule has 118 valence electrons. The molecule has 1 aromatic heterocycles. The summed E-state index contributed by atoms with van der Waals surface area (Å²) in [7, 11) is 0. The van der Waals surface area contributed by atoms with Crippen LogP contribution in [0.4, 0.5) is 4.39 Å². The fourth-order valence-electron chi connectivity index (χ4n) is 2.83. The van der Waals surface area contributed by atoms with Crippen molar-refractivity contribution in [3.63, 3.8) is 0 Å². The maximum absolute atomic E-state index is 13.4. The van der Waals surface area contributed by atoms with Crippen molar-refractivity contribution in [3.8, 4) is 0 Å². The summed E-state index contributed by atoms with van der Waals surface area (Å²) >= 11 is 0. The van der Waals surface area contributed by atoms with Crippen LogP contribution in [-0.4, -0.2) is 10.9 Å². The fourth-order valence-corrected chi connectivity index (χ4v) is 2.83. The minimum atomic E-state index is -0.326. The molecule has 0 radical (unpaired) electrons. The highest BCUT2D eigenvalue weighted by molar-refractivity contribution is 5.97. The second-order valence-electron chi connectivity index (χ2n) is 6.94. The van der Waals surface area contributed by atoms with Gasteiger partial charge in [0.15, 0.2) is 6.29 Å². The molecule has 23 heavy (non-hydrogen) atoms. The number of benzene rings is 2. The molecule has 2 aromatic carbocycles. The van der Waals surface area contributed by atoms with Crippen LogP contribution >= 0.6 is 0 Å². The molecule has 3 rings (SSSR count). The Morgan fingerprint density at radius 1 is 1.09 bits per heavy atom. The van der Waals surface area contributed by atoms with Crippen LogP contribution in [0, 0.1) is 5.82 Å². The predicted octanol–water partition coefficient (Wildman–Crippen LogP) is 4.94. The van der Waals surface area contributed by atoms with Crippen LogP contribution in [0.3, 0.4) is 0 Å². The minimum Gasteiger partial charge on any atom is -0.342 e. The number of carbonyl (C=O) groups excluding carboxylic acids is 1. The van der Waals surface area contributed by atoms with Gasteiger partial charge in [-0.3, -0.25) is 4.79 Å². The number of fused-ring (bicyclic) bond motifs is 1. The van der Waals surface area contributed by atoms with E-state index in [1.807, 2.05) is 4.57 Å². The van der Waals surface area contributed by atoms with E-state index in [1.165, 1.54) is 17.7 Å². The van der Waals surface area contributed by atoms with Gasteiger partial charge in [-0.25, -0.2) is 4.39 Å². The van der Waals surface area contributed by atoms with Crippen LogP contribution in [0.5, 0.6) is 0 Å². The van der Waals surface area contributed by atoms with Crippen LogP contribution in [0.15, 0.2) is 48.7 Å². The monoisotopic (exact) mass is 309 g/mol. The van der Waals surface area contributed by atoms with E-state index in [1.54, 1.807) is 12.3 Å². The largest absolute Gasteiger partial charge is 0.342 e. The highest BCUT2D eigenvalue weighted by Gasteiger charge is 2.13. The Bertz CT molecular complexity index is 854. The first-order chi connectivity index (χ1) is 10.9. The molecule has 3 heteroatoms. The zero-order valence-corrected chi connectivity index (χ0v) is 13.6. The third kappa shape index (κ3) is 3.04. The zero-order chi connectivity index (χ0) is 16.6. The molecular formula is C20H20FNO. The molecule has 1 heterocycles. The molecule has 0 fully saturated rings. The lowest BCUT2D eigenvalue weighted by Gasteiger charge is -2.19. The average molecular weight is 309 g/mol. The fraction of sp³-hybridized carbons (Fsp3) is 0.250. The molecule has 3 aromatic rings. The van der Waals surface area contributed by atoms with E-state index >= 15 is 0 Å². The quantitative estimate of drug-likeness (QED) is 0.628. The number of hydrogen-bond donors (Lipinski definition) is 0. The van der Waals surface area contributed by atoms with Gasteiger partial charge in [-0.15, -0.1) is 0 Å². The third-order valence-corrected chi connectivity index (χ3v) is 4.17. The van der Waals surface area contributed by atoms with Crippen molar-refractivity contribution in [3.05, 3.63) is 71.2 Å². The lowest BCUT2D eigenvalue weighted by atomic mass is 9.87. The van der Waals surface area contributed by atoms with E-state index in [0.29, 0.717) is 17.5 Å². The van der Waals surface area contributed by atoms with Crippen molar-refractivity contribution in [1.29, 1.82) is 0 Å². The minimum absolute atomic E-state index is 0.126. The van der Waals surface area contributed by atoms with Crippen molar-refractivity contribution in [2.45, 2.75) is 32.7 Å². The van der Waals surface area contributed by atoms with Crippen molar-refractivity contribution >= 4 is 17.2 Å². The summed E-state index contributed by atoms with van der Waals surface area (Å²) < 4.78 is 15.4. The van der Waals surface area contributed by atoms with Gasteiger partial charge in [0.25, 0.3) is 0 Å². The Hall–Kier alpha value is -2.42.